The average molecular weight is 275 g/mol. The molecule has 0 aliphatic carbocycles. The molecule has 0 aliphatic heterocycles. The summed E-state index contributed by atoms with van der Waals surface area (Å²) in [6.45, 7) is 2.18. The van der Waals surface area contributed by atoms with Crippen molar-refractivity contribution < 1.29 is 9.47 Å². The van der Waals surface area contributed by atoms with E-state index in [0.717, 1.165) is 12.1 Å². The predicted molar refractivity (Wildman–Crippen MR) is 73.2 cm³/mol. The number of rotatable bonds is 7. The van der Waals surface area contributed by atoms with Crippen molar-refractivity contribution in [2.24, 2.45) is 0 Å². The van der Waals surface area contributed by atoms with Crippen LogP contribution in [0.1, 0.15) is 5.56 Å². The third-order valence-corrected chi connectivity index (χ3v) is 2.60. The first-order chi connectivity index (χ1) is 9.83. The number of aromatic nitrogens is 4. The molecule has 7 nitrogen and oxygen atoms in total. The van der Waals surface area contributed by atoms with E-state index in [1.807, 2.05) is 0 Å². The van der Waals surface area contributed by atoms with E-state index in [-0.39, 0.29) is 0 Å². The van der Waals surface area contributed by atoms with Gasteiger partial charge in [0.25, 0.3) is 0 Å². The molecule has 0 atom stereocenters. The van der Waals surface area contributed by atoms with Crippen LogP contribution in [0, 0.1) is 0 Å². The van der Waals surface area contributed by atoms with Crippen molar-refractivity contribution in [3.63, 3.8) is 0 Å². The molecule has 0 aliphatic rings. The number of hydrogen-bond donors (Lipinski definition) is 1. The highest BCUT2D eigenvalue weighted by Gasteiger charge is 2.04. The fourth-order valence-electron chi connectivity index (χ4n) is 1.53. The summed E-state index contributed by atoms with van der Waals surface area (Å²) in [7, 11) is 3.22. The summed E-state index contributed by atoms with van der Waals surface area (Å²) in [5.41, 5.74) is 1.62. The second-order valence-corrected chi connectivity index (χ2v) is 4.05. The summed E-state index contributed by atoms with van der Waals surface area (Å²) < 4.78 is 9.91. The Labute approximate surface area is 117 Å². The second-order valence-electron chi connectivity index (χ2n) is 4.05. The van der Waals surface area contributed by atoms with Crippen molar-refractivity contribution in [3.05, 3.63) is 30.1 Å². The van der Waals surface area contributed by atoms with Crippen LogP contribution >= 0.6 is 0 Å². The van der Waals surface area contributed by atoms with Crippen LogP contribution in [-0.2, 0) is 11.3 Å². The van der Waals surface area contributed by atoms with E-state index in [1.165, 1.54) is 0 Å². The molecule has 0 fully saturated rings. The van der Waals surface area contributed by atoms with Gasteiger partial charge in [-0.15, -0.1) is 10.2 Å². The number of nitrogens with zero attached hydrogens (tertiary/aromatic N) is 4. The molecule has 2 aromatic rings. The minimum Gasteiger partial charge on any atom is -0.480 e. The average Bonchev–Trinajstić information content (AvgIpc) is 2.52. The van der Waals surface area contributed by atoms with Gasteiger partial charge < -0.3 is 14.8 Å². The van der Waals surface area contributed by atoms with E-state index in [0.29, 0.717) is 30.5 Å². The molecule has 0 amide bonds. The maximum absolute atomic E-state index is 4.96. The van der Waals surface area contributed by atoms with Crippen LogP contribution in [0.15, 0.2) is 24.5 Å². The van der Waals surface area contributed by atoms with Gasteiger partial charge >= 0.3 is 0 Å². The Morgan fingerprint density at radius 2 is 1.90 bits per heavy atom. The molecule has 0 spiro atoms. The van der Waals surface area contributed by atoms with E-state index in [1.54, 1.807) is 38.7 Å². The van der Waals surface area contributed by atoms with E-state index < -0.39 is 0 Å². The summed E-state index contributed by atoms with van der Waals surface area (Å²) in [5.74, 6) is 1.01. The first kappa shape index (κ1) is 14.3. The third-order valence-electron chi connectivity index (χ3n) is 2.60. The van der Waals surface area contributed by atoms with Crippen LogP contribution in [0.25, 0.3) is 11.5 Å². The molecule has 0 radical (unpaired) electrons. The molecule has 2 rings (SSSR count). The standard InChI is InChI=1S/C13H17N5O2/c1-19-6-5-14-7-10-8-15-13(16-9-10)11-3-4-12(20-2)18-17-11/h3-4,8-9,14H,5-7H2,1-2H3. The zero-order valence-electron chi connectivity index (χ0n) is 11.5. The molecule has 0 saturated heterocycles. The van der Waals surface area contributed by atoms with E-state index in [4.69, 9.17) is 9.47 Å². The lowest BCUT2D eigenvalue weighted by Gasteiger charge is -2.04. The maximum Gasteiger partial charge on any atom is 0.233 e. The molecule has 0 aromatic carbocycles. The smallest absolute Gasteiger partial charge is 0.233 e. The Morgan fingerprint density at radius 3 is 2.50 bits per heavy atom. The van der Waals surface area contributed by atoms with Gasteiger partial charge in [0, 0.05) is 44.2 Å². The summed E-state index contributed by atoms with van der Waals surface area (Å²) in [6, 6.07) is 3.50. The van der Waals surface area contributed by atoms with Crippen LogP contribution in [0.5, 0.6) is 5.88 Å². The highest BCUT2D eigenvalue weighted by atomic mass is 16.5. The number of hydrogen-bond acceptors (Lipinski definition) is 7. The van der Waals surface area contributed by atoms with E-state index >= 15 is 0 Å². The lowest BCUT2D eigenvalue weighted by molar-refractivity contribution is 0.199. The van der Waals surface area contributed by atoms with Gasteiger partial charge in [0.1, 0.15) is 5.69 Å². The fourth-order valence-corrected chi connectivity index (χ4v) is 1.53. The SMILES string of the molecule is COCCNCc1cnc(-c2ccc(OC)nn2)nc1. The van der Waals surface area contributed by atoms with E-state index in [2.05, 4.69) is 25.5 Å². The largest absolute Gasteiger partial charge is 0.480 e. The summed E-state index contributed by atoms with van der Waals surface area (Å²) in [5, 5.41) is 11.1. The number of nitrogens with one attached hydrogen (secondary N) is 1. The molecule has 7 heteroatoms. The minimum absolute atomic E-state index is 0.465. The highest BCUT2D eigenvalue weighted by Crippen LogP contribution is 2.12. The Balaban J connectivity index is 1.96. The van der Waals surface area contributed by atoms with Crippen LogP contribution in [0.3, 0.4) is 0 Å². The molecule has 106 valence electrons. The Kier molecular flexibility index (Phi) is 5.33. The Hall–Kier alpha value is -2.12. The zero-order chi connectivity index (χ0) is 14.2. The van der Waals surface area contributed by atoms with Crippen molar-refractivity contribution >= 4 is 0 Å². The highest BCUT2D eigenvalue weighted by molar-refractivity contribution is 5.47. The molecule has 0 unspecified atom stereocenters. The second kappa shape index (κ2) is 7.46. The van der Waals surface area contributed by atoms with Gasteiger partial charge in [0.2, 0.25) is 5.88 Å². The van der Waals surface area contributed by atoms with Gasteiger partial charge in [-0.25, -0.2) is 9.97 Å². The number of methoxy groups -OCH3 is 2. The molecule has 0 bridgehead atoms. The molecule has 2 aromatic heterocycles. The van der Waals surface area contributed by atoms with E-state index in [9.17, 15) is 0 Å². The maximum atomic E-state index is 4.96. The van der Waals surface area contributed by atoms with Gasteiger partial charge in [-0.05, 0) is 6.07 Å². The van der Waals surface area contributed by atoms with Gasteiger partial charge in [-0.2, -0.15) is 0 Å². The minimum atomic E-state index is 0.465. The first-order valence-corrected chi connectivity index (χ1v) is 6.22. The first-order valence-electron chi connectivity index (χ1n) is 6.22. The predicted octanol–water partition coefficient (Wildman–Crippen LogP) is 0.678. The Morgan fingerprint density at radius 1 is 1.10 bits per heavy atom. The van der Waals surface area contributed by atoms with Crippen molar-refractivity contribution in [3.8, 4) is 17.4 Å². The molecule has 1 N–H and O–H groups in total. The van der Waals surface area contributed by atoms with Crippen LogP contribution in [0.4, 0.5) is 0 Å². The van der Waals surface area contributed by atoms with Crippen LogP contribution in [-0.4, -0.2) is 47.5 Å². The van der Waals surface area contributed by atoms with Crippen LogP contribution < -0.4 is 10.1 Å². The van der Waals surface area contributed by atoms with Gasteiger partial charge in [-0.3, -0.25) is 0 Å². The van der Waals surface area contributed by atoms with Gasteiger partial charge in [0.15, 0.2) is 5.82 Å². The Bertz CT molecular complexity index is 515. The summed E-state index contributed by atoms with van der Waals surface area (Å²) >= 11 is 0. The van der Waals surface area contributed by atoms with Crippen molar-refractivity contribution in [2.45, 2.75) is 6.54 Å². The quantitative estimate of drug-likeness (QED) is 0.744. The number of ether oxygens (including phenoxy) is 2. The summed E-state index contributed by atoms with van der Waals surface area (Å²) in [4.78, 5) is 8.56. The van der Waals surface area contributed by atoms with Crippen molar-refractivity contribution in [2.75, 3.05) is 27.4 Å². The van der Waals surface area contributed by atoms with Crippen LogP contribution in [0.2, 0.25) is 0 Å². The van der Waals surface area contributed by atoms with Gasteiger partial charge in [-0.1, -0.05) is 0 Å². The third kappa shape index (κ3) is 3.94. The lowest BCUT2D eigenvalue weighted by Crippen LogP contribution is -2.18. The summed E-state index contributed by atoms with van der Waals surface area (Å²) in [6.07, 6.45) is 3.54. The molecule has 2 heterocycles. The monoisotopic (exact) mass is 275 g/mol. The molecular formula is C13H17N5O2. The van der Waals surface area contributed by atoms with Crippen molar-refractivity contribution in [1.29, 1.82) is 0 Å². The lowest BCUT2D eigenvalue weighted by atomic mass is 10.3. The zero-order valence-corrected chi connectivity index (χ0v) is 11.5. The topological polar surface area (TPSA) is 82.0 Å². The fraction of sp³-hybridized carbons (Fsp3) is 0.385. The normalized spacial score (nSPS) is 10.5. The van der Waals surface area contributed by atoms with Crippen molar-refractivity contribution in [1.82, 2.24) is 25.5 Å². The van der Waals surface area contributed by atoms with Gasteiger partial charge in [0.05, 0.1) is 13.7 Å². The molecule has 0 saturated carbocycles. The molecular weight excluding hydrogens is 258 g/mol. The molecule has 20 heavy (non-hydrogen) atoms.